The molecule has 2 amide bonds. The Morgan fingerprint density at radius 1 is 1.42 bits per heavy atom. The molecule has 3 heterocycles. The van der Waals surface area contributed by atoms with E-state index in [0.29, 0.717) is 19.6 Å². The molecule has 5 nitrogen and oxygen atoms in total. The number of ether oxygens (including phenoxy) is 2. The number of hydrogen-bond acceptors (Lipinski definition) is 3. The first-order valence-corrected chi connectivity index (χ1v) is 6.62. The molecule has 0 radical (unpaired) electrons. The highest BCUT2D eigenvalue weighted by molar-refractivity contribution is 5.77. The molecule has 3 unspecified atom stereocenters. The first-order valence-electron chi connectivity index (χ1n) is 6.62. The fraction of sp³-hybridized carbons (Fsp3) is 0.500. The maximum atomic E-state index is 12.2. The lowest BCUT2D eigenvalue weighted by atomic mass is 9.77. The summed E-state index contributed by atoms with van der Waals surface area (Å²) in [6, 6.07) is 7.84. The van der Waals surface area contributed by atoms with Crippen LogP contribution in [0.5, 0.6) is 5.75 Å². The fourth-order valence-corrected chi connectivity index (χ4v) is 3.53. The number of rotatable bonds is 0. The summed E-state index contributed by atoms with van der Waals surface area (Å²) in [5.74, 6) is 1.01. The molecule has 19 heavy (non-hydrogen) atoms. The van der Waals surface area contributed by atoms with Gasteiger partial charge in [0, 0.05) is 19.0 Å². The van der Waals surface area contributed by atoms with E-state index in [1.807, 2.05) is 24.3 Å². The van der Waals surface area contributed by atoms with E-state index in [2.05, 4.69) is 5.32 Å². The maximum absolute atomic E-state index is 12.2. The summed E-state index contributed by atoms with van der Waals surface area (Å²) in [7, 11) is 1.80. The van der Waals surface area contributed by atoms with E-state index in [-0.39, 0.29) is 18.0 Å². The van der Waals surface area contributed by atoms with Gasteiger partial charge in [-0.2, -0.15) is 0 Å². The van der Waals surface area contributed by atoms with E-state index >= 15 is 0 Å². The van der Waals surface area contributed by atoms with Crippen LogP contribution in [0.25, 0.3) is 0 Å². The Hall–Kier alpha value is -1.75. The van der Waals surface area contributed by atoms with Crippen LogP contribution in [-0.4, -0.2) is 36.9 Å². The van der Waals surface area contributed by atoms with Crippen LogP contribution < -0.4 is 10.1 Å². The van der Waals surface area contributed by atoms with Crippen molar-refractivity contribution in [2.24, 2.45) is 5.92 Å². The molecule has 3 aliphatic heterocycles. The van der Waals surface area contributed by atoms with Crippen LogP contribution in [0.3, 0.4) is 0 Å². The lowest BCUT2D eigenvalue weighted by Crippen LogP contribution is -2.72. The van der Waals surface area contributed by atoms with E-state index in [0.717, 1.165) is 11.3 Å². The summed E-state index contributed by atoms with van der Waals surface area (Å²) < 4.78 is 11.9. The Kier molecular flexibility index (Phi) is 2.12. The zero-order chi connectivity index (χ0) is 13.0. The van der Waals surface area contributed by atoms with Crippen LogP contribution in [0.4, 0.5) is 4.79 Å². The summed E-state index contributed by atoms with van der Waals surface area (Å²) in [6.07, 6.45) is 0.715. The molecule has 0 saturated carbocycles. The average molecular weight is 260 g/mol. The van der Waals surface area contributed by atoms with Gasteiger partial charge in [-0.15, -0.1) is 0 Å². The molecular weight excluding hydrogens is 244 g/mol. The molecule has 5 heteroatoms. The second-order valence-corrected chi connectivity index (χ2v) is 5.40. The highest BCUT2D eigenvalue weighted by Gasteiger charge is 2.59. The van der Waals surface area contributed by atoms with Crippen molar-refractivity contribution >= 4 is 6.03 Å². The van der Waals surface area contributed by atoms with Gasteiger partial charge in [0.15, 0.2) is 5.72 Å². The highest BCUT2D eigenvalue weighted by Crippen LogP contribution is 2.50. The zero-order valence-electron chi connectivity index (χ0n) is 10.8. The summed E-state index contributed by atoms with van der Waals surface area (Å²) in [5, 5.41) is 3.07. The molecule has 1 aromatic carbocycles. The normalized spacial score (nSPS) is 35.8. The van der Waals surface area contributed by atoms with E-state index in [4.69, 9.17) is 9.47 Å². The third-order valence-electron chi connectivity index (χ3n) is 4.58. The second-order valence-electron chi connectivity index (χ2n) is 5.40. The van der Waals surface area contributed by atoms with E-state index in [9.17, 15) is 4.79 Å². The average Bonchev–Trinajstić information content (AvgIpc) is 2.44. The van der Waals surface area contributed by atoms with Crippen molar-refractivity contribution in [2.75, 3.05) is 20.3 Å². The second kappa shape index (κ2) is 3.63. The molecule has 100 valence electrons. The number of carbonyl (C=O) groups excluding carboxylic acids is 1. The van der Waals surface area contributed by atoms with E-state index in [1.165, 1.54) is 0 Å². The van der Waals surface area contributed by atoms with Crippen molar-refractivity contribution in [3.63, 3.8) is 0 Å². The summed E-state index contributed by atoms with van der Waals surface area (Å²) in [4.78, 5) is 13.9. The van der Waals surface area contributed by atoms with Gasteiger partial charge in [-0.05, 0) is 6.07 Å². The molecule has 3 aliphatic rings. The Labute approximate surface area is 111 Å². The van der Waals surface area contributed by atoms with Crippen molar-refractivity contribution in [2.45, 2.75) is 18.2 Å². The van der Waals surface area contributed by atoms with E-state index < -0.39 is 5.72 Å². The first-order chi connectivity index (χ1) is 9.22. The van der Waals surface area contributed by atoms with Crippen molar-refractivity contribution in [3.05, 3.63) is 29.8 Å². The number of carbonyl (C=O) groups is 1. The number of amides is 2. The van der Waals surface area contributed by atoms with Crippen molar-refractivity contribution in [3.8, 4) is 5.75 Å². The Morgan fingerprint density at radius 2 is 2.26 bits per heavy atom. The van der Waals surface area contributed by atoms with Gasteiger partial charge in [-0.25, -0.2) is 4.79 Å². The Bertz CT molecular complexity index is 547. The monoisotopic (exact) mass is 260 g/mol. The number of nitrogens with one attached hydrogen (secondary N) is 1. The zero-order valence-corrected chi connectivity index (χ0v) is 10.8. The number of para-hydroxylation sites is 1. The number of benzene rings is 1. The van der Waals surface area contributed by atoms with Gasteiger partial charge < -0.3 is 14.8 Å². The Balaban J connectivity index is 1.90. The molecule has 0 spiro atoms. The SMILES string of the molecule is CN1C(=O)NC2c3ccccc3OC13CCOCC23. The van der Waals surface area contributed by atoms with Gasteiger partial charge in [0.2, 0.25) is 0 Å². The van der Waals surface area contributed by atoms with Crippen LogP contribution in [0.2, 0.25) is 0 Å². The topological polar surface area (TPSA) is 50.8 Å². The number of urea groups is 1. The van der Waals surface area contributed by atoms with Gasteiger partial charge in [-0.3, -0.25) is 4.90 Å². The van der Waals surface area contributed by atoms with E-state index in [1.54, 1.807) is 11.9 Å². The minimum Gasteiger partial charge on any atom is -0.467 e. The molecule has 1 aromatic rings. The number of fused-ring (bicyclic) bond motifs is 2. The quantitative estimate of drug-likeness (QED) is 0.769. The summed E-state index contributed by atoms with van der Waals surface area (Å²) in [6.45, 7) is 1.24. The third kappa shape index (κ3) is 1.31. The van der Waals surface area contributed by atoms with Crippen LogP contribution in [0.15, 0.2) is 24.3 Å². The van der Waals surface area contributed by atoms with Gasteiger partial charge >= 0.3 is 6.03 Å². The van der Waals surface area contributed by atoms with Crippen LogP contribution in [0.1, 0.15) is 18.0 Å². The van der Waals surface area contributed by atoms with Gasteiger partial charge in [-0.1, -0.05) is 18.2 Å². The molecule has 2 fully saturated rings. The third-order valence-corrected chi connectivity index (χ3v) is 4.58. The summed E-state index contributed by atoms with van der Waals surface area (Å²) >= 11 is 0. The molecule has 0 aliphatic carbocycles. The van der Waals surface area contributed by atoms with Crippen LogP contribution in [0, 0.1) is 5.92 Å². The predicted molar refractivity (Wildman–Crippen MR) is 67.8 cm³/mol. The molecule has 3 atom stereocenters. The largest absolute Gasteiger partial charge is 0.467 e. The minimum absolute atomic E-state index is 0.0195. The summed E-state index contributed by atoms with van der Waals surface area (Å²) in [5.41, 5.74) is 0.495. The standard InChI is InChI=1S/C14H16N2O3/c1-16-13(17)15-12-9-4-2-3-5-11(9)19-14(16)6-7-18-8-10(12)14/h2-5,10,12H,6-8H2,1H3,(H,15,17). The van der Waals surface area contributed by atoms with Crippen molar-refractivity contribution in [1.82, 2.24) is 10.2 Å². The van der Waals surface area contributed by atoms with Gasteiger partial charge in [0.05, 0.1) is 25.2 Å². The molecule has 0 aromatic heterocycles. The lowest BCUT2D eigenvalue weighted by molar-refractivity contribution is -0.191. The number of hydrogen-bond donors (Lipinski definition) is 1. The van der Waals surface area contributed by atoms with Crippen molar-refractivity contribution in [1.29, 1.82) is 0 Å². The van der Waals surface area contributed by atoms with Gasteiger partial charge in [0.25, 0.3) is 0 Å². The first kappa shape index (κ1) is 11.1. The number of nitrogens with zero attached hydrogens (tertiary/aromatic N) is 1. The van der Waals surface area contributed by atoms with Crippen LogP contribution >= 0.6 is 0 Å². The predicted octanol–water partition coefficient (Wildman–Crippen LogP) is 1.51. The molecule has 2 saturated heterocycles. The molecule has 1 N–H and O–H groups in total. The smallest absolute Gasteiger partial charge is 0.320 e. The molecule has 4 rings (SSSR count). The minimum atomic E-state index is -0.556. The fourth-order valence-electron chi connectivity index (χ4n) is 3.53. The lowest BCUT2D eigenvalue weighted by Gasteiger charge is -2.57. The molecule has 2 bridgehead atoms. The Morgan fingerprint density at radius 3 is 3.16 bits per heavy atom. The highest BCUT2D eigenvalue weighted by atomic mass is 16.5. The molecular formula is C14H16N2O3. The van der Waals surface area contributed by atoms with Gasteiger partial charge in [0.1, 0.15) is 5.75 Å². The van der Waals surface area contributed by atoms with Crippen LogP contribution in [-0.2, 0) is 4.74 Å². The maximum Gasteiger partial charge on any atom is 0.320 e. The van der Waals surface area contributed by atoms with Crippen molar-refractivity contribution < 1.29 is 14.3 Å².